The molecule has 0 aliphatic carbocycles. The van der Waals surface area contributed by atoms with Crippen molar-refractivity contribution in [1.82, 2.24) is 19.5 Å². The van der Waals surface area contributed by atoms with E-state index < -0.39 is 0 Å². The average Bonchev–Trinajstić information content (AvgIpc) is 2.97. The molecule has 2 aliphatic heterocycles. The van der Waals surface area contributed by atoms with Crippen LogP contribution in [0.5, 0.6) is 0 Å². The topological polar surface area (TPSA) is 55.6 Å². The third-order valence-electron chi connectivity index (χ3n) is 3.54. The van der Waals surface area contributed by atoms with Gasteiger partial charge in [-0.3, -0.25) is 0 Å². The molecule has 0 atom stereocenters. The summed E-state index contributed by atoms with van der Waals surface area (Å²) in [6.07, 6.45) is 1.84. The van der Waals surface area contributed by atoms with Crippen LogP contribution < -0.4 is 5.32 Å². The first-order valence-electron chi connectivity index (χ1n) is 7.69. The number of nitrogens with zero attached hydrogens (tertiary/aromatic N) is 4. The summed E-state index contributed by atoms with van der Waals surface area (Å²) in [5.41, 5.74) is 2.07. The highest BCUT2D eigenvalue weighted by atomic mass is 15.2. The lowest BCUT2D eigenvalue weighted by molar-refractivity contribution is 0.751. The molecular weight excluding hydrogens is 274 g/mol. The molecule has 1 aromatic carbocycles. The number of fused-ring (bicyclic) bond motifs is 1. The highest BCUT2D eigenvalue weighted by molar-refractivity contribution is 5.67. The number of anilines is 1. The summed E-state index contributed by atoms with van der Waals surface area (Å²) in [5, 5.41) is 3.27. The summed E-state index contributed by atoms with van der Waals surface area (Å²) in [6.45, 7) is 7.83. The van der Waals surface area contributed by atoms with Crippen molar-refractivity contribution in [2.45, 2.75) is 33.2 Å². The lowest BCUT2D eigenvalue weighted by atomic mass is 10.2. The second-order valence-electron chi connectivity index (χ2n) is 5.65. The molecule has 0 radical (unpaired) electrons. The molecule has 0 saturated heterocycles. The Hall–Kier alpha value is -2.43. The summed E-state index contributed by atoms with van der Waals surface area (Å²) in [6, 6.07) is 10.3. The van der Waals surface area contributed by atoms with E-state index in [1.807, 2.05) is 24.5 Å². The molecule has 0 aromatic heterocycles. The molecule has 22 heavy (non-hydrogen) atoms. The third-order valence-corrected chi connectivity index (χ3v) is 3.54. The van der Waals surface area contributed by atoms with E-state index in [1.165, 1.54) is 5.56 Å². The van der Waals surface area contributed by atoms with Crippen LogP contribution in [0.2, 0.25) is 0 Å². The summed E-state index contributed by atoms with van der Waals surface area (Å²) >= 11 is 0. The summed E-state index contributed by atoms with van der Waals surface area (Å²) < 4.78 is 2.06. The second kappa shape index (κ2) is 6.13. The summed E-state index contributed by atoms with van der Waals surface area (Å²) in [5.74, 6) is 2.86. The molecule has 0 bridgehead atoms. The van der Waals surface area contributed by atoms with Crippen LogP contribution in [0, 0.1) is 0 Å². The normalized spacial score (nSPS) is 11.3. The van der Waals surface area contributed by atoms with Gasteiger partial charge in [0.05, 0.1) is 12.9 Å². The van der Waals surface area contributed by atoms with Crippen molar-refractivity contribution in [2.24, 2.45) is 0 Å². The number of nitrogens with one attached hydrogen (secondary N) is 1. The minimum absolute atomic E-state index is 0.298. The van der Waals surface area contributed by atoms with Crippen LogP contribution in [0.4, 0.5) is 5.82 Å². The molecule has 0 fully saturated rings. The van der Waals surface area contributed by atoms with E-state index in [9.17, 15) is 0 Å². The van der Waals surface area contributed by atoms with E-state index in [0.717, 1.165) is 36.3 Å². The first kappa shape index (κ1) is 14.5. The average molecular weight is 295 g/mol. The quantitative estimate of drug-likeness (QED) is 0.784. The van der Waals surface area contributed by atoms with Crippen molar-refractivity contribution in [3.8, 4) is 11.5 Å². The van der Waals surface area contributed by atoms with E-state index in [0.29, 0.717) is 5.92 Å². The molecule has 1 aromatic rings. The molecule has 114 valence electrons. The highest BCUT2D eigenvalue weighted by Gasteiger charge is 2.21. The van der Waals surface area contributed by atoms with Crippen molar-refractivity contribution in [2.75, 3.05) is 11.9 Å². The molecule has 3 rings (SSSR count). The van der Waals surface area contributed by atoms with Crippen LogP contribution in [-0.2, 0) is 6.54 Å². The molecule has 0 amide bonds. The van der Waals surface area contributed by atoms with Crippen LogP contribution >= 0.6 is 0 Å². The van der Waals surface area contributed by atoms with Crippen molar-refractivity contribution in [3.63, 3.8) is 0 Å². The van der Waals surface area contributed by atoms with Gasteiger partial charge in [0.1, 0.15) is 5.82 Å². The SMILES string of the molecule is CCNc1ncn(Cc2ccccc2)c2nc(C(C)C)nc1-2. The van der Waals surface area contributed by atoms with Crippen LogP contribution in [0.1, 0.15) is 38.1 Å². The molecule has 5 heteroatoms. The Bertz CT molecular complexity index is 717. The molecule has 1 N–H and O–H groups in total. The van der Waals surface area contributed by atoms with Gasteiger partial charge in [0.25, 0.3) is 0 Å². The number of benzene rings is 1. The zero-order valence-corrected chi connectivity index (χ0v) is 13.2. The maximum Gasteiger partial charge on any atom is 0.166 e. The summed E-state index contributed by atoms with van der Waals surface area (Å²) in [4.78, 5) is 13.9. The van der Waals surface area contributed by atoms with Gasteiger partial charge in [-0.05, 0) is 12.5 Å². The molecule has 0 unspecified atom stereocenters. The van der Waals surface area contributed by atoms with E-state index in [4.69, 9.17) is 4.98 Å². The first-order valence-corrected chi connectivity index (χ1v) is 7.69. The maximum atomic E-state index is 4.72. The lowest BCUT2D eigenvalue weighted by Crippen LogP contribution is -2.10. The number of imidazole rings is 1. The monoisotopic (exact) mass is 295 g/mol. The minimum Gasteiger partial charge on any atom is -0.368 e. The van der Waals surface area contributed by atoms with Crippen molar-refractivity contribution in [3.05, 3.63) is 48.0 Å². The van der Waals surface area contributed by atoms with Crippen molar-refractivity contribution in [1.29, 1.82) is 0 Å². The molecule has 5 nitrogen and oxygen atoms in total. The third kappa shape index (κ3) is 2.79. The van der Waals surface area contributed by atoms with E-state index in [1.54, 1.807) is 0 Å². The van der Waals surface area contributed by atoms with Gasteiger partial charge in [-0.1, -0.05) is 44.2 Å². The van der Waals surface area contributed by atoms with Gasteiger partial charge in [-0.2, -0.15) is 0 Å². The summed E-state index contributed by atoms with van der Waals surface area (Å²) in [7, 11) is 0. The minimum atomic E-state index is 0.298. The second-order valence-corrected chi connectivity index (χ2v) is 5.65. The fourth-order valence-corrected chi connectivity index (χ4v) is 2.40. The van der Waals surface area contributed by atoms with Crippen molar-refractivity contribution < 1.29 is 0 Å². The van der Waals surface area contributed by atoms with Crippen LogP contribution in [-0.4, -0.2) is 26.1 Å². The molecule has 0 spiro atoms. The Balaban J connectivity index is 2.05. The van der Waals surface area contributed by atoms with Gasteiger partial charge in [0.15, 0.2) is 17.3 Å². The molecule has 2 aliphatic rings. The Kier molecular flexibility index (Phi) is 4.04. The number of rotatable bonds is 5. The Morgan fingerprint density at radius 3 is 2.59 bits per heavy atom. The largest absolute Gasteiger partial charge is 0.368 e. The Labute approximate surface area is 130 Å². The molecular formula is C17H21N5. The predicted molar refractivity (Wildman–Crippen MR) is 88.2 cm³/mol. The number of aromatic nitrogens is 4. The van der Waals surface area contributed by atoms with Gasteiger partial charge < -0.3 is 9.88 Å². The smallest absolute Gasteiger partial charge is 0.166 e. The van der Waals surface area contributed by atoms with Gasteiger partial charge in [0, 0.05) is 12.5 Å². The van der Waals surface area contributed by atoms with Gasteiger partial charge in [-0.25, -0.2) is 15.0 Å². The number of hydrogen-bond acceptors (Lipinski definition) is 4. The highest BCUT2D eigenvalue weighted by Crippen LogP contribution is 2.28. The van der Waals surface area contributed by atoms with Crippen LogP contribution in [0.15, 0.2) is 36.7 Å². The zero-order chi connectivity index (χ0) is 15.5. The van der Waals surface area contributed by atoms with Crippen LogP contribution in [0.25, 0.3) is 11.5 Å². The number of hydrogen-bond donors (Lipinski definition) is 1. The van der Waals surface area contributed by atoms with Gasteiger partial charge in [0.2, 0.25) is 0 Å². The predicted octanol–water partition coefficient (Wildman–Crippen LogP) is 3.38. The van der Waals surface area contributed by atoms with Gasteiger partial charge >= 0.3 is 0 Å². The Morgan fingerprint density at radius 2 is 1.91 bits per heavy atom. The van der Waals surface area contributed by atoms with Crippen LogP contribution in [0.3, 0.4) is 0 Å². The first-order chi connectivity index (χ1) is 10.7. The zero-order valence-electron chi connectivity index (χ0n) is 13.2. The maximum absolute atomic E-state index is 4.72. The lowest BCUT2D eigenvalue weighted by Gasteiger charge is -2.13. The van der Waals surface area contributed by atoms with Crippen molar-refractivity contribution >= 4 is 5.82 Å². The standard InChI is InChI=1S/C17H21N5/c1-4-18-16-14-17(21-15(20-14)12(2)3)22(11-19-16)10-13-8-6-5-7-9-13/h5-9,11-12,18H,4,10H2,1-3H3. The molecule has 2 heterocycles. The van der Waals surface area contributed by atoms with E-state index in [-0.39, 0.29) is 0 Å². The molecule has 0 saturated carbocycles. The Morgan fingerprint density at radius 1 is 1.14 bits per heavy atom. The van der Waals surface area contributed by atoms with Gasteiger partial charge in [-0.15, -0.1) is 0 Å². The van der Waals surface area contributed by atoms with E-state index in [2.05, 4.69) is 52.8 Å². The fraction of sp³-hybridized carbons (Fsp3) is 0.353. The fourth-order valence-electron chi connectivity index (χ4n) is 2.40. The van der Waals surface area contributed by atoms with E-state index >= 15 is 0 Å².